The normalized spacial score (nSPS) is 14.6. The predicted octanol–water partition coefficient (Wildman–Crippen LogP) is 6.20. The van der Waals surface area contributed by atoms with Crippen molar-refractivity contribution in [3.05, 3.63) is 71.9 Å². The summed E-state index contributed by atoms with van der Waals surface area (Å²) in [5.74, 6) is 0. The number of fused-ring (bicyclic) bond motifs is 3. The summed E-state index contributed by atoms with van der Waals surface area (Å²) < 4.78 is 38.5. The fourth-order valence-electron chi connectivity index (χ4n) is 4.07. The second-order valence-electron chi connectivity index (χ2n) is 6.90. The van der Waals surface area contributed by atoms with Gasteiger partial charge in [0.1, 0.15) is 6.54 Å². The number of rotatable bonds is 7. The molecule has 0 amide bonds. The molecule has 2 aromatic rings. The molecule has 26 heavy (non-hydrogen) atoms. The molecule has 1 aliphatic carbocycles. The number of alkyl halides is 3. The van der Waals surface area contributed by atoms with Gasteiger partial charge >= 0.3 is 6.18 Å². The maximum atomic E-state index is 12.8. The molecule has 0 saturated carbocycles. The fraction of sp³-hybridized carbons (Fsp3) is 0.364. The summed E-state index contributed by atoms with van der Waals surface area (Å²) >= 11 is 0. The zero-order valence-electron chi connectivity index (χ0n) is 15.0. The van der Waals surface area contributed by atoms with E-state index >= 15 is 0 Å². The van der Waals surface area contributed by atoms with E-state index in [9.17, 15) is 13.2 Å². The van der Waals surface area contributed by atoms with Gasteiger partial charge in [-0.2, -0.15) is 13.2 Å². The summed E-state index contributed by atoms with van der Waals surface area (Å²) in [4.78, 5) is 0. The van der Waals surface area contributed by atoms with Crippen LogP contribution in [0, 0.1) is 0 Å². The van der Waals surface area contributed by atoms with Gasteiger partial charge in [0.15, 0.2) is 0 Å². The highest BCUT2D eigenvalue weighted by molar-refractivity contribution is 5.82. The number of halogens is 3. The van der Waals surface area contributed by atoms with Crippen molar-refractivity contribution in [1.82, 2.24) is 5.32 Å². The van der Waals surface area contributed by atoms with Crippen LogP contribution in [0.25, 0.3) is 11.1 Å². The van der Waals surface area contributed by atoms with Crippen LogP contribution in [0.3, 0.4) is 0 Å². The van der Waals surface area contributed by atoms with E-state index in [1.807, 2.05) is 48.5 Å². The Morgan fingerprint density at radius 1 is 0.962 bits per heavy atom. The summed E-state index contributed by atoms with van der Waals surface area (Å²) in [5.41, 5.74) is 4.11. The van der Waals surface area contributed by atoms with Crippen molar-refractivity contribution in [3.8, 4) is 11.1 Å². The highest BCUT2D eigenvalue weighted by Crippen LogP contribution is 2.54. The number of benzene rings is 2. The summed E-state index contributed by atoms with van der Waals surface area (Å²) in [7, 11) is 0. The van der Waals surface area contributed by atoms with Gasteiger partial charge in [-0.3, -0.25) is 0 Å². The Labute approximate surface area is 152 Å². The molecule has 0 spiro atoms. The number of allylic oxidation sites excluding steroid dienone is 1. The molecule has 138 valence electrons. The van der Waals surface area contributed by atoms with Crippen molar-refractivity contribution in [2.24, 2.45) is 0 Å². The average molecular weight is 359 g/mol. The Morgan fingerprint density at radius 3 is 2.00 bits per heavy atom. The lowest BCUT2D eigenvalue weighted by molar-refractivity contribution is -0.123. The number of hydrogen-bond donors (Lipinski definition) is 1. The largest absolute Gasteiger partial charge is 0.405 e. The van der Waals surface area contributed by atoms with Crippen molar-refractivity contribution in [2.75, 3.05) is 6.54 Å². The molecule has 1 nitrogen and oxygen atoms in total. The van der Waals surface area contributed by atoms with Crippen LogP contribution in [0.1, 0.15) is 43.7 Å². The molecule has 0 saturated heterocycles. The molecule has 1 aliphatic rings. The molecule has 1 N–H and O–H groups in total. The summed E-state index contributed by atoms with van der Waals surface area (Å²) in [6.45, 7) is 5.14. The van der Waals surface area contributed by atoms with Gasteiger partial charge in [0.2, 0.25) is 0 Å². The molecular formula is C22H24F3N. The molecule has 3 rings (SSSR count). The molecule has 0 unspecified atom stereocenters. The highest BCUT2D eigenvalue weighted by Gasteiger charge is 2.45. The van der Waals surface area contributed by atoms with E-state index in [2.05, 4.69) is 18.8 Å². The van der Waals surface area contributed by atoms with E-state index in [1.54, 1.807) is 0 Å². The van der Waals surface area contributed by atoms with Crippen molar-refractivity contribution in [3.63, 3.8) is 0 Å². The minimum absolute atomic E-state index is 0.434. The standard InChI is InChI=1S/C22H24F3N/c1-3-4-9-14-21(16(2)26-15-22(23,24)25)19-12-7-5-10-17(19)18-11-6-8-13-20(18)21/h5-8,10-13,26H,2-4,9,14-15H2,1H3. The van der Waals surface area contributed by atoms with Crippen LogP contribution in [-0.4, -0.2) is 12.7 Å². The van der Waals surface area contributed by atoms with E-state index in [-0.39, 0.29) is 0 Å². The predicted molar refractivity (Wildman–Crippen MR) is 100.0 cm³/mol. The average Bonchev–Trinajstić information content (AvgIpc) is 2.91. The Balaban J connectivity index is 2.09. The summed E-state index contributed by atoms with van der Waals surface area (Å²) in [6, 6.07) is 16.0. The lowest BCUT2D eigenvalue weighted by Crippen LogP contribution is -2.39. The van der Waals surface area contributed by atoms with E-state index in [0.717, 1.165) is 47.9 Å². The van der Waals surface area contributed by atoms with Crippen LogP contribution in [0.15, 0.2) is 60.8 Å². The smallest absolute Gasteiger partial charge is 0.379 e. The molecule has 4 heteroatoms. The first-order chi connectivity index (χ1) is 12.4. The van der Waals surface area contributed by atoms with Gasteiger partial charge < -0.3 is 5.32 Å². The van der Waals surface area contributed by atoms with Gasteiger partial charge in [-0.25, -0.2) is 0 Å². The molecule has 0 aliphatic heterocycles. The Morgan fingerprint density at radius 2 is 1.50 bits per heavy atom. The third kappa shape index (κ3) is 3.25. The second-order valence-corrected chi connectivity index (χ2v) is 6.90. The van der Waals surface area contributed by atoms with Crippen LogP contribution >= 0.6 is 0 Å². The van der Waals surface area contributed by atoms with Gasteiger partial charge in [-0.1, -0.05) is 81.3 Å². The monoisotopic (exact) mass is 359 g/mol. The minimum atomic E-state index is -4.27. The maximum absolute atomic E-state index is 12.8. The minimum Gasteiger partial charge on any atom is -0.379 e. The zero-order chi connectivity index (χ0) is 18.8. The molecule has 0 radical (unpaired) electrons. The molecular weight excluding hydrogens is 335 g/mol. The van der Waals surface area contributed by atoms with E-state index in [0.29, 0.717) is 5.70 Å². The highest BCUT2D eigenvalue weighted by atomic mass is 19.4. The van der Waals surface area contributed by atoms with Crippen LogP contribution in [0.5, 0.6) is 0 Å². The Hall–Kier alpha value is -2.23. The van der Waals surface area contributed by atoms with Gasteiger partial charge in [-0.05, 0) is 28.7 Å². The van der Waals surface area contributed by atoms with Crippen molar-refractivity contribution < 1.29 is 13.2 Å². The molecule has 0 atom stereocenters. The maximum Gasteiger partial charge on any atom is 0.405 e. The van der Waals surface area contributed by atoms with Crippen molar-refractivity contribution in [2.45, 2.75) is 44.2 Å². The number of unbranched alkanes of at least 4 members (excludes halogenated alkanes) is 2. The Bertz CT molecular complexity index is 746. The molecule has 2 aromatic carbocycles. The lowest BCUT2D eigenvalue weighted by Gasteiger charge is -2.35. The third-order valence-electron chi connectivity index (χ3n) is 5.24. The molecule has 0 fully saturated rings. The summed E-state index contributed by atoms with van der Waals surface area (Å²) in [5, 5.41) is 2.59. The van der Waals surface area contributed by atoms with E-state index in [1.165, 1.54) is 0 Å². The topological polar surface area (TPSA) is 12.0 Å². The molecule has 0 aromatic heterocycles. The molecule has 0 bridgehead atoms. The zero-order valence-corrected chi connectivity index (χ0v) is 15.0. The van der Waals surface area contributed by atoms with Crippen molar-refractivity contribution in [1.29, 1.82) is 0 Å². The number of hydrogen-bond acceptors (Lipinski definition) is 1. The van der Waals surface area contributed by atoms with Gasteiger partial charge in [0, 0.05) is 5.70 Å². The van der Waals surface area contributed by atoms with Crippen LogP contribution < -0.4 is 5.32 Å². The van der Waals surface area contributed by atoms with Crippen LogP contribution in [-0.2, 0) is 5.41 Å². The third-order valence-corrected chi connectivity index (χ3v) is 5.24. The van der Waals surface area contributed by atoms with Crippen LogP contribution in [0.2, 0.25) is 0 Å². The molecule has 0 heterocycles. The SMILES string of the molecule is C=C(NCC(F)(F)F)C1(CCCCC)c2ccccc2-c2ccccc21. The number of nitrogens with one attached hydrogen (secondary N) is 1. The fourth-order valence-corrected chi connectivity index (χ4v) is 4.07. The van der Waals surface area contributed by atoms with Crippen LogP contribution in [0.4, 0.5) is 13.2 Å². The second kappa shape index (κ2) is 7.18. The summed E-state index contributed by atoms with van der Waals surface area (Å²) in [6.07, 6.45) is -0.490. The van der Waals surface area contributed by atoms with Gasteiger partial charge in [0.05, 0.1) is 5.41 Å². The van der Waals surface area contributed by atoms with Gasteiger partial charge in [0.25, 0.3) is 0 Å². The van der Waals surface area contributed by atoms with Crippen molar-refractivity contribution >= 4 is 0 Å². The first-order valence-electron chi connectivity index (χ1n) is 9.09. The van der Waals surface area contributed by atoms with E-state index in [4.69, 9.17) is 0 Å². The van der Waals surface area contributed by atoms with Gasteiger partial charge in [-0.15, -0.1) is 0 Å². The van der Waals surface area contributed by atoms with E-state index < -0.39 is 18.1 Å². The Kier molecular flexibility index (Phi) is 5.12. The quantitative estimate of drug-likeness (QED) is 0.581. The lowest BCUT2D eigenvalue weighted by atomic mass is 9.72. The first-order valence-corrected chi connectivity index (χ1v) is 9.09. The first kappa shape index (κ1) is 18.6.